The Morgan fingerprint density at radius 3 is 2.68 bits per heavy atom. The van der Waals surface area contributed by atoms with Crippen LogP contribution < -0.4 is 10.1 Å². The van der Waals surface area contributed by atoms with Crippen molar-refractivity contribution in [3.8, 4) is 5.75 Å². The zero-order valence-corrected chi connectivity index (χ0v) is 12.6. The molecule has 0 aliphatic rings. The van der Waals surface area contributed by atoms with E-state index in [0.717, 1.165) is 18.7 Å². The number of nitrogens with zero attached hydrogens (tertiary/aromatic N) is 1. The molecule has 3 nitrogen and oxygen atoms in total. The summed E-state index contributed by atoms with van der Waals surface area (Å²) in [7, 11) is 1.69. The Balaban J connectivity index is 2.60. The number of aromatic nitrogens is 1. The van der Waals surface area contributed by atoms with E-state index in [-0.39, 0.29) is 0 Å². The number of nitrogens with one attached hydrogen (secondary N) is 1. The molecular weight excluding hydrogens is 236 g/mol. The van der Waals surface area contributed by atoms with Crippen LogP contribution in [0.15, 0.2) is 18.5 Å². The topological polar surface area (TPSA) is 34.2 Å². The molecule has 1 heterocycles. The number of hydrogen-bond acceptors (Lipinski definition) is 3. The highest BCUT2D eigenvalue weighted by molar-refractivity contribution is 5.25. The monoisotopic (exact) mass is 264 g/mol. The Labute approximate surface area is 117 Å². The van der Waals surface area contributed by atoms with Gasteiger partial charge in [-0.2, -0.15) is 0 Å². The minimum atomic E-state index is 0.402. The molecule has 1 unspecified atom stereocenters. The highest BCUT2D eigenvalue weighted by Gasteiger charge is 2.11. The predicted molar refractivity (Wildman–Crippen MR) is 80.6 cm³/mol. The Bertz CT molecular complexity index is 341. The molecule has 1 N–H and O–H groups in total. The first-order valence-electron chi connectivity index (χ1n) is 7.54. The van der Waals surface area contributed by atoms with Crippen LogP contribution >= 0.6 is 0 Å². The summed E-state index contributed by atoms with van der Waals surface area (Å²) in [5, 5.41) is 3.62. The molecular formula is C16H28N2O. The van der Waals surface area contributed by atoms with Crippen LogP contribution in [-0.4, -0.2) is 18.6 Å². The van der Waals surface area contributed by atoms with Crippen molar-refractivity contribution in [2.24, 2.45) is 0 Å². The van der Waals surface area contributed by atoms with Crippen LogP contribution in [0.4, 0.5) is 0 Å². The minimum absolute atomic E-state index is 0.402. The van der Waals surface area contributed by atoms with E-state index in [0.29, 0.717) is 6.04 Å². The lowest BCUT2D eigenvalue weighted by Gasteiger charge is -2.19. The average molecular weight is 264 g/mol. The van der Waals surface area contributed by atoms with Crippen molar-refractivity contribution in [2.45, 2.75) is 58.4 Å². The third kappa shape index (κ3) is 6.06. The van der Waals surface area contributed by atoms with Gasteiger partial charge in [0.25, 0.3) is 0 Å². The molecule has 1 atom stereocenters. The van der Waals surface area contributed by atoms with Gasteiger partial charge in [-0.3, -0.25) is 4.98 Å². The SMILES string of the molecule is CCCCCCC(NCCC)c1cncc(OC)c1. The second-order valence-electron chi connectivity index (χ2n) is 5.01. The molecule has 0 aliphatic heterocycles. The zero-order chi connectivity index (χ0) is 13.9. The molecule has 0 radical (unpaired) electrons. The summed E-state index contributed by atoms with van der Waals surface area (Å²) in [4.78, 5) is 4.26. The fraction of sp³-hybridized carbons (Fsp3) is 0.688. The maximum atomic E-state index is 5.26. The van der Waals surface area contributed by atoms with E-state index in [1.54, 1.807) is 13.3 Å². The van der Waals surface area contributed by atoms with Crippen LogP contribution in [0.2, 0.25) is 0 Å². The van der Waals surface area contributed by atoms with Crippen LogP contribution in [0.3, 0.4) is 0 Å². The predicted octanol–water partition coefficient (Wildman–Crippen LogP) is 4.10. The molecule has 1 aromatic heterocycles. The van der Waals surface area contributed by atoms with Gasteiger partial charge in [-0.05, 0) is 31.0 Å². The first-order chi connectivity index (χ1) is 9.31. The maximum Gasteiger partial charge on any atom is 0.137 e. The summed E-state index contributed by atoms with van der Waals surface area (Å²) in [6.45, 7) is 5.50. The normalized spacial score (nSPS) is 12.4. The third-order valence-corrected chi connectivity index (χ3v) is 3.36. The van der Waals surface area contributed by atoms with E-state index >= 15 is 0 Å². The van der Waals surface area contributed by atoms with Gasteiger partial charge in [0.2, 0.25) is 0 Å². The molecule has 3 heteroatoms. The average Bonchev–Trinajstić information content (AvgIpc) is 2.46. The first-order valence-corrected chi connectivity index (χ1v) is 7.54. The molecule has 0 aromatic carbocycles. The van der Waals surface area contributed by atoms with E-state index in [4.69, 9.17) is 4.74 Å². The van der Waals surface area contributed by atoms with Crippen molar-refractivity contribution in [3.63, 3.8) is 0 Å². The molecule has 0 fully saturated rings. The lowest BCUT2D eigenvalue weighted by Crippen LogP contribution is -2.22. The van der Waals surface area contributed by atoms with E-state index in [9.17, 15) is 0 Å². The Morgan fingerprint density at radius 2 is 2.00 bits per heavy atom. The molecule has 1 rings (SSSR count). The van der Waals surface area contributed by atoms with Crippen molar-refractivity contribution in [1.82, 2.24) is 10.3 Å². The van der Waals surface area contributed by atoms with Gasteiger partial charge in [-0.15, -0.1) is 0 Å². The van der Waals surface area contributed by atoms with Gasteiger partial charge in [0, 0.05) is 12.2 Å². The van der Waals surface area contributed by atoms with Crippen molar-refractivity contribution in [2.75, 3.05) is 13.7 Å². The maximum absolute atomic E-state index is 5.26. The second kappa shape index (κ2) is 9.79. The largest absolute Gasteiger partial charge is 0.495 e. The molecule has 0 spiro atoms. The Kier molecular flexibility index (Phi) is 8.23. The Morgan fingerprint density at radius 1 is 1.16 bits per heavy atom. The van der Waals surface area contributed by atoms with Crippen molar-refractivity contribution < 1.29 is 4.74 Å². The molecule has 0 amide bonds. The van der Waals surface area contributed by atoms with E-state index < -0.39 is 0 Å². The van der Waals surface area contributed by atoms with Crippen molar-refractivity contribution in [1.29, 1.82) is 0 Å². The first kappa shape index (κ1) is 16.0. The number of rotatable bonds is 10. The molecule has 108 valence electrons. The lowest BCUT2D eigenvalue weighted by molar-refractivity contribution is 0.409. The smallest absolute Gasteiger partial charge is 0.137 e. The molecule has 19 heavy (non-hydrogen) atoms. The van der Waals surface area contributed by atoms with Crippen LogP contribution in [0.1, 0.15) is 64.0 Å². The number of ether oxygens (including phenoxy) is 1. The number of hydrogen-bond donors (Lipinski definition) is 1. The fourth-order valence-electron chi connectivity index (χ4n) is 2.22. The fourth-order valence-corrected chi connectivity index (χ4v) is 2.22. The third-order valence-electron chi connectivity index (χ3n) is 3.36. The summed E-state index contributed by atoms with van der Waals surface area (Å²) in [5.41, 5.74) is 1.24. The van der Waals surface area contributed by atoms with Crippen molar-refractivity contribution in [3.05, 3.63) is 24.0 Å². The summed E-state index contributed by atoms with van der Waals surface area (Å²) in [6, 6.07) is 2.50. The van der Waals surface area contributed by atoms with Gasteiger partial charge in [0.15, 0.2) is 0 Å². The highest BCUT2D eigenvalue weighted by Crippen LogP contribution is 2.22. The van der Waals surface area contributed by atoms with Crippen molar-refractivity contribution >= 4 is 0 Å². The quantitative estimate of drug-likeness (QED) is 0.646. The van der Waals surface area contributed by atoms with Gasteiger partial charge >= 0.3 is 0 Å². The standard InChI is InChI=1S/C16H28N2O/c1-4-6-7-8-9-16(18-10-5-2)14-11-15(19-3)13-17-12-14/h11-13,16,18H,4-10H2,1-3H3. The summed E-state index contributed by atoms with van der Waals surface area (Å²) in [6.07, 6.45) is 11.3. The van der Waals surface area contributed by atoms with E-state index in [2.05, 4.69) is 30.2 Å². The van der Waals surface area contributed by atoms with Gasteiger partial charge < -0.3 is 10.1 Å². The zero-order valence-electron chi connectivity index (χ0n) is 12.6. The second-order valence-corrected chi connectivity index (χ2v) is 5.01. The van der Waals surface area contributed by atoms with Gasteiger partial charge in [0.1, 0.15) is 5.75 Å². The molecule has 0 saturated heterocycles. The number of pyridine rings is 1. The summed E-state index contributed by atoms with van der Waals surface area (Å²) in [5.74, 6) is 0.842. The van der Waals surface area contributed by atoms with E-state index in [1.165, 1.54) is 37.7 Å². The molecule has 1 aromatic rings. The lowest BCUT2D eigenvalue weighted by atomic mass is 10.0. The minimum Gasteiger partial charge on any atom is -0.495 e. The van der Waals surface area contributed by atoms with Crippen LogP contribution in [0.5, 0.6) is 5.75 Å². The van der Waals surface area contributed by atoms with Gasteiger partial charge in [-0.1, -0.05) is 39.5 Å². The summed E-state index contributed by atoms with van der Waals surface area (Å²) < 4.78 is 5.26. The van der Waals surface area contributed by atoms with Crippen LogP contribution in [0, 0.1) is 0 Å². The number of methoxy groups -OCH3 is 1. The molecule has 0 aliphatic carbocycles. The molecule has 0 saturated carbocycles. The van der Waals surface area contributed by atoms with Gasteiger partial charge in [0.05, 0.1) is 13.3 Å². The highest BCUT2D eigenvalue weighted by atomic mass is 16.5. The van der Waals surface area contributed by atoms with Crippen LogP contribution in [0.25, 0.3) is 0 Å². The number of unbranched alkanes of at least 4 members (excludes halogenated alkanes) is 3. The van der Waals surface area contributed by atoms with E-state index in [1.807, 2.05) is 6.20 Å². The van der Waals surface area contributed by atoms with Gasteiger partial charge in [-0.25, -0.2) is 0 Å². The summed E-state index contributed by atoms with van der Waals surface area (Å²) >= 11 is 0. The van der Waals surface area contributed by atoms with Crippen LogP contribution in [-0.2, 0) is 0 Å². The molecule has 0 bridgehead atoms. The Hall–Kier alpha value is -1.09.